The zero-order valence-corrected chi connectivity index (χ0v) is 16.6. The predicted octanol–water partition coefficient (Wildman–Crippen LogP) is 5.59. The van der Waals surface area contributed by atoms with Crippen LogP contribution in [0.3, 0.4) is 0 Å². The standard InChI is InChI=1S/C24H31NO/c1-17(25-14-12-18-8-5-6-11-22(18)25)16-19-9-7-10-20-21(24(2,3)4)13-15-26-23(19)20/h5-11,17,21H,12-16H2,1-4H3. The first-order chi connectivity index (χ1) is 12.4. The van der Waals surface area contributed by atoms with Crippen molar-refractivity contribution in [2.45, 2.75) is 58.9 Å². The molecule has 0 aliphatic carbocycles. The second-order valence-electron chi connectivity index (χ2n) is 9.02. The number of nitrogens with zero attached hydrogens (tertiary/aromatic N) is 1. The molecule has 2 unspecified atom stereocenters. The van der Waals surface area contributed by atoms with Crippen molar-refractivity contribution < 1.29 is 4.74 Å². The van der Waals surface area contributed by atoms with E-state index in [9.17, 15) is 0 Å². The highest BCUT2D eigenvalue weighted by Gasteiger charge is 2.33. The molecule has 0 radical (unpaired) electrons. The number of ether oxygens (including phenoxy) is 1. The van der Waals surface area contributed by atoms with Gasteiger partial charge in [0.15, 0.2) is 0 Å². The highest BCUT2D eigenvalue weighted by atomic mass is 16.5. The molecule has 4 rings (SSSR count). The minimum atomic E-state index is 0.274. The van der Waals surface area contributed by atoms with Crippen molar-refractivity contribution in [3.63, 3.8) is 0 Å². The maximum atomic E-state index is 6.19. The molecule has 2 aliphatic rings. The van der Waals surface area contributed by atoms with Gasteiger partial charge in [0.2, 0.25) is 0 Å². The number of benzene rings is 2. The minimum absolute atomic E-state index is 0.274. The molecular formula is C24H31NO. The van der Waals surface area contributed by atoms with Crippen LogP contribution < -0.4 is 9.64 Å². The van der Waals surface area contributed by atoms with Gasteiger partial charge in [0, 0.05) is 18.3 Å². The summed E-state index contributed by atoms with van der Waals surface area (Å²) >= 11 is 0. The van der Waals surface area contributed by atoms with Gasteiger partial charge in [0.25, 0.3) is 0 Å². The SMILES string of the molecule is CC(Cc1cccc2c1OCCC2C(C)(C)C)N1CCc2ccccc21. The molecule has 0 bridgehead atoms. The zero-order valence-electron chi connectivity index (χ0n) is 16.6. The molecule has 0 spiro atoms. The van der Waals surface area contributed by atoms with Crippen molar-refractivity contribution in [3.05, 3.63) is 59.2 Å². The molecule has 2 nitrogen and oxygen atoms in total. The molecule has 0 saturated heterocycles. The molecule has 2 aromatic carbocycles. The van der Waals surface area contributed by atoms with E-state index in [-0.39, 0.29) is 5.41 Å². The second kappa shape index (κ2) is 6.64. The smallest absolute Gasteiger partial charge is 0.126 e. The normalized spacial score (nSPS) is 20.3. The molecule has 2 atom stereocenters. The van der Waals surface area contributed by atoms with Crippen LogP contribution >= 0.6 is 0 Å². The fraction of sp³-hybridized carbons (Fsp3) is 0.500. The van der Waals surface area contributed by atoms with E-state index in [1.807, 2.05) is 0 Å². The number of hydrogen-bond donors (Lipinski definition) is 0. The molecule has 0 aromatic heterocycles. The van der Waals surface area contributed by atoms with Crippen LogP contribution in [0.1, 0.15) is 56.7 Å². The van der Waals surface area contributed by atoms with E-state index in [1.165, 1.54) is 22.4 Å². The number of anilines is 1. The maximum absolute atomic E-state index is 6.19. The third-order valence-electron chi connectivity index (χ3n) is 6.17. The van der Waals surface area contributed by atoms with Gasteiger partial charge in [0.05, 0.1) is 6.61 Å². The third kappa shape index (κ3) is 3.11. The number of fused-ring (bicyclic) bond motifs is 2. The summed E-state index contributed by atoms with van der Waals surface area (Å²) in [6, 6.07) is 16.1. The lowest BCUT2D eigenvalue weighted by atomic mass is 9.73. The van der Waals surface area contributed by atoms with Crippen molar-refractivity contribution in [1.29, 1.82) is 0 Å². The van der Waals surface area contributed by atoms with Crippen LogP contribution in [0.5, 0.6) is 5.75 Å². The largest absolute Gasteiger partial charge is 0.493 e. The first kappa shape index (κ1) is 17.5. The third-order valence-corrected chi connectivity index (χ3v) is 6.17. The van der Waals surface area contributed by atoms with E-state index >= 15 is 0 Å². The molecule has 0 saturated carbocycles. The summed E-state index contributed by atoms with van der Waals surface area (Å²) in [6.45, 7) is 11.4. The molecule has 0 fully saturated rings. The van der Waals surface area contributed by atoms with Gasteiger partial charge in [-0.05, 0) is 60.3 Å². The summed E-state index contributed by atoms with van der Waals surface area (Å²) < 4.78 is 6.19. The van der Waals surface area contributed by atoms with Crippen molar-refractivity contribution in [2.75, 3.05) is 18.1 Å². The Balaban J connectivity index is 1.60. The van der Waals surface area contributed by atoms with Gasteiger partial charge in [-0.15, -0.1) is 0 Å². The van der Waals surface area contributed by atoms with Crippen LogP contribution in [-0.4, -0.2) is 19.2 Å². The Morgan fingerprint density at radius 1 is 1.12 bits per heavy atom. The number of hydrogen-bond acceptors (Lipinski definition) is 2. The van der Waals surface area contributed by atoms with E-state index in [4.69, 9.17) is 4.74 Å². The molecule has 2 heterocycles. The van der Waals surface area contributed by atoms with Crippen molar-refractivity contribution in [1.82, 2.24) is 0 Å². The van der Waals surface area contributed by atoms with Crippen molar-refractivity contribution in [2.24, 2.45) is 5.41 Å². The van der Waals surface area contributed by atoms with E-state index in [0.29, 0.717) is 12.0 Å². The molecule has 0 N–H and O–H groups in total. The highest BCUT2D eigenvalue weighted by molar-refractivity contribution is 5.59. The topological polar surface area (TPSA) is 12.5 Å². The van der Waals surface area contributed by atoms with Crippen LogP contribution in [0.15, 0.2) is 42.5 Å². The summed E-state index contributed by atoms with van der Waals surface area (Å²) in [5.74, 6) is 1.74. The van der Waals surface area contributed by atoms with E-state index in [0.717, 1.165) is 38.2 Å². The molecule has 138 valence electrons. The quantitative estimate of drug-likeness (QED) is 0.716. The summed E-state index contributed by atoms with van der Waals surface area (Å²) in [4.78, 5) is 2.57. The average Bonchev–Trinajstić information content (AvgIpc) is 3.05. The zero-order chi connectivity index (χ0) is 18.3. The molecule has 2 aliphatic heterocycles. The number of rotatable bonds is 3. The van der Waals surface area contributed by atoms with Gasteiger partial charge in [0.1, 0.15) is 5.75 Å². The van der Waals surface area contributed by atoms with Crippen LogP contribution in [0.2, 0.25) is 0 Å². The van der Waals surface area contributed by atoms with Gasteiger partial charge in [-0.25, -0.2) is 0 Å². The van der Waals surface area contributed by atoms with Gasteiger partial charge in [-0.2, -0.15) is 0 Å². The monoisotopic (exact) mass is 349 g/mol. The Morgan fingerprint density at radius 2 is 1.92 bits per heavy atom. The first-order valence-electron chi connectivity index (χ1n) is 10.0. The Kier molecular flexibility index (Phi) is 4.46. The summed E-state index contributed by atoms with van der Waals surface area (Å²) in [7, 11) is 0. The van der Waals surface area contributed by atoms with Gasteiger partial charge < -0.3 is 9.64 Å². The van der Waals surface area contributed by atoms with Crippen LogP contribution in [0, 0.1) is 5.41 Å². The van der Waals surface area contributed by atoms with E-state index < -0.39 is 0 Å². The van der Waals surface area contributed by atoms with Crippen molar-refractivity contribution in [3.8, 4) is 5.75 Å². The van der Waals surface area contributed by atoms with Gasteiger partial charge in [-0.1, -0.05) is 57.2 Å². The Morgan fingerprint density at radius 3 is 2.73 bits per heavy atom. The lowest BCUT2D eigenvalue weighted by Gasteiger charge is -2.37. The van der Waals surface area contributed by atoms with E-state index in [2.05, 4.69) is 75.1 Å². The van der Waals surface area contributed by atoms with Crippen LogP contribution in [0.4, 0.5) is 5.69 Å². The van der Waals surface area contributed by atoms with Crippen LogP contribution in [-0.2, 0) is 12.8 Å². The Hall–Kier alpha value is -1.96. The van der Waals surface area contributed by atoms with Crippen LogP contribution in [0.25, 0.3) is 0 Å². The van der Waals surface area contributed by atoms with Gasteiger partial charge >= 0.3 is 0 Å². The predicted molar refractivity (Wildman–Crippen MR) is 109 cm³/mol. The lowest BCUT2D eigenvalue weighted by Crippen LogP contribution is -2.33. The number of para-hydroxylation sites is 2. The minimum Gasteiger partial charge on any atom is -0.493 e. The van der Waals surface area contributed by atoms with Crippen molar-refractivity contribution >= 4 is 5.69 Å². The first-order valence-corrected chi connectivity index (χ1v) is 10.0. The van der Waals surface area contributed by atoms with Gasteiger partial charge in [-0.3, -0.25) is 0 Å². The molecule has 2 aromatic rings. The fourth-order valence-corrected chi connectivity index (χ4v) is 4.80. The fourth-order valence-electron chi connectivity index (χ4n) is 4.80. The Bertz CT molecular complexity index is 789. The maximum Gasteiger partial charge on any atom is 0.126 e. The summed E-state index contributed by atoms with van der Waals surface area (Å²) in [5, 5.41) is 0. The summed E-state index contributed by atoms with van der Waals surface area (Å²) in [5.41, 5.74) is 5.96. The Labute approximate surface area is 158 Å². The summed E-state index contributed by atoms with van der Waals surface area (Å²) in [6.07, 6.45) is 3.32. The molecule has 26 heavy (non-hydrogen) atoms. The molecule has 2 heteroatoms. The molecule has 0 amide bonds. The second-order valence-corrected chi connectivity index (χ2v) is 9.02. The lowest BCUT2D eigenvalue weighted by molar-refractivity contribution is 0.202. The highest BCUT2D eigenvalue weighted by Crippen LogP contribution is 2.46. The molecular weight excluding hydrogens is 318 g/mol. The van der Waals surface area contributed by atoms with E-state index in [1.54, 1.807) is 0 Å². The average molecular weight is 350 g/mol.